The van der Waals surface area contributed by atoms with Gasteiger partial charge in [-0.1, -0.05) is 0 Å². The van der Waals surface area contributed by atoms with Crippen LogP contribution in [0.4, 0.5) is 11.4 Å². The second-order valence-electron chi connectivity index (χ2n) is 5.34. The van der Waals surface area contributed by atoms with E-state index in [1.54, 1.807) is 31.1 Å². The monoisotopic (exact) mass is 279 g/mol. The Labute approximate surface area is 121 Å². The fourth-order valence-electron chi connectivity index (χ4n) is 2.11. The zero-order valence-electron chi connectivity index (χ0n) is 12.8. The fraction of sp³-hybridized carbons (Fsp3) is 0.533. The molecule has 1 aromatic carbocycles. The summed E-state index contributed by atoms with van der Waals surface area (Å²) in [5.74, 6) is -0.0466. The number of hydrogen-bond donors (Lipinski definition) is 2. The molecule has 112 valence electrons. The van der Waals surface area contributed by atoms with Crippen molar-refractivity contribution < 1.29 is 9.90 Å². The van der Waals surface area contributed by atoms with E-state index in [1.165, 1.54) is 0 Å². The van der Waals surface area contributed by atoms with Crippen LogP contribution < -0.4 is 10.6 Å². The molecule has 0 bridgehead atoms. The predicted octanol–water partition coefficient (Wildman–Crippen LogP) is 1.57. The zero-order valence-corrected chi connectivity index (χ0v) is 12.8. The number of hydrogen-bond acceptors (Lipinski definition) is 4. The number of nitrogens with two attached hydrogens (primary N) is 1. The van der Waals surface area contributed by atoms with Crippen LogP contribution in [0, 0.1) is 0 Å². The van der Waals surface area contributed by atoms with Gasteiger partial charge < -0.3 is 20.6 Å². The molecule has 0 saturated carbocycles. The van der Waals surface area contributed by atoms with Crippen molar-refractivity contribution in [2.45, 2.75) is 26.3 Å². The van der Waals surface area contributed by atoms with Gasteiger partial charge >= 0.3 is 0 Å². The Balaban J connectivity index is 3.24. The van der Waals surface area contributed by atoms with E-state index in [0.29, 0.717) is 24.2 Å². The molecule has 0 aliphatic carbocycles. The largest absolute Gasteiger partial charge is 0.399 e. The van der Waals surface area contributed by atoms with Gasteiger partial charge in [0, 0.05) is 39.0 Å². The fourth-order valence-corrected chi connectivity index (χ4v) is 2.11. The maximum Gasteiger partial charge on any atom is 0.255 e. The lowest BCUT2D eigenvalue weighted by atomic mass is 10.1. The van der Waals surface area contributed by atoms with Gasteiger partial charge in [0.2, 0.25) is 0 Å². The van der Waals surface area contributed by atoms with E-state index in [2.05, 4.69) is 18.7 Å². The summed E-state index contributed by atoms with van der Waals surface area (Å²) in [5.41, 5.74) is 7.96. The van der Waals surface area contributed by atoms with Crippen LogP contribution in [0.5, 0.6) is 0 Å². The third kappa shape index (κ3) is 3.87. The minimum absolute atomic E-state index is 0.0466. The number of amides is 1. The highest BCUT2D eigenvalue weighted by atomic mass is 16.3. The molecule has 0 aromatic heterocycles. The summed E-state index contributed by atoms with van der Waals surface area (Å²) in [4.78, 5) is 15.9. The molecule has 5 nitrogen and oxygen atoms in total. The lowest BCUT2D eigenvalue weighted by Crippen LogP contribution is -2.34. The molecule has 0 atom stereocenters. The molecule has 1 rings (SSSR count). The second-order valence-corrected chi connectivity index (χ2v) is 5.34. The molecule has 0 saturated heterocycles. The van der Waals surface area contributed by atoms with Gasteiger partial charge in [-0.15, -0.1) is 0 Å². The van der Waals surface area contributed by atoms with E-state index < -0.39 is 0 Å². The molecule has 1 amide bonds. The molecule has 0 unspecified atom stereocenters. The highest BCUT2D eigenvalue weighted by molar-refractivity contribution is 6.00. The zero-order chi connectivity index (χ0) is 15.3. The average molecular weight is 279 g/mol. The van der Waals surface area contributed by atoms with E-state index in [9.17, 15) is 4.79 Å². The first-order valence-corrected chi connectivity index (χ1v) is 6.87. The van der Waals surface area contributed by atoms with Crippen molar-refractivity contribution in [2.24, 2.45) is 0 Å². The number of carbonyl (C=O) groups excluding carboxylic acids is 1. The number of aliphatic hydroxyl groups excluding tert-OH is 1. The molecule has 20 heavy (non-hydrogen) atoms. The minimum Gasteiger partial charge on any atom is -0.399 e. The topological polar surface area (TPSA) is 69.8 Å². The Bertz CT molecular complexity index is 458. The summed E-state index contributed by atoms with van der Waals surface area (Å²) in [5, 5.41) is 9.04. The van der Waals surface area contributed by atoms with Crippen LogP contribution in [-0.2, 0) is 0 Å². The third-order valence-corrected chi connectivity index (χ3v) is 3.15. The predicted molar refractivity (Wildman–Crippen MR) is 83.1 cm³/mol. The number of benzene rings is 1. The maximum absolute atomic E-state index is 12.3. The van der Waals surface area contributed by atoms with Gasteiger partial charge in [0.25, 0.3) is 5.91 Å². The van der Waals surface area contributed by atoms with Crippen LogP contribution in [0.25, 0.3) is 0 Å². The van der Waals surface area contributed by atoms with Crippen molar-refractivity contribution in [3.8, 4) is 0 Å². The summed E-state index contributed by atoms with van der Waals surface area (Å²) < 4.78 is 0. The van der Waals surface area contributed by atoms with Crippen LogP contribution in [0.1, 0.15) is 30.6 Å². The van der Waals surface area contributed by atoms with E-state index in [0.717, 1.165) is 5.69 Å². The van der Waals surface area contributed by atoms with Crippen LogP contribution in [0.15, 0.2) is 18.2 Å². The van der Waals surface area contributed by atoms with Gasteiger partial charge in [-0.25, -0.2) is 0 Å². The van der Waals surface area contributed by atoms with E-state index in [1.807, 2.05) is 6.07 Å². The van der Waals surface area contributed by atoms with Crippen molar-refractivity contribution in [2.75, 3.05) is 37.9 Å². The summed E-state index contributed by atoms with van der Waals surface area (Å²) in [7, 11) is 3.46. The van der Waals surface area contributed by atoms with E-state index in [-0.39, 0.29) is 18.6 Å². The van der Waals surface area contributed by atoms with Crippen LogP contribution >= 0.6 is 0 Å². The highest BCUT2D eigenvalue weighted by Gasteiger charge is 2.20. The van der Waals surface area contributed by atoms with Crippen LogP contribution in [0.3, 0.4) is 0 Å². The molecule has 5 heteroatoms. The molecule has 0 fully saturated rings. The molecule has 0 aliphatic heterocycles. The Kier molecular flexibility index (Phi) is 5.82. The van der Waals surface area contributed by atoms with Gasteiger partial charge in [-0.05, 0) is 38.5 Å². The number of carbonyl (C=O) groups is 1. The summed E-state index contributed by atoms with van der Waals surface area (Å²) in [6.07, 6.45) is 0.655. The normalized spacial score (nSPS) is 10.7. The van der Waals surface area contributed by atoms with Gasteiger partial charge in [-0.2, -0.15) is 0 Å². The van der Waals surface area contributed by atoms with Crippen LogP contribution in [-0.4, -0.2) is 49.2 Å². The average Bonchev–Trinajstić information content (AvgIpc) is 2.38. The maximum atomic E-state index is 12.3. The van der Waals surface area contributed by atoms with Crippen LogP contribution in [0.2, 0.25) is 0 Å². The van der Waals surface area contributed by atoms with Gasteiger partial charge in [0.05, 0.1) is 11.3 Å². The number of nitrogen functional groups attached to an aromatic ring is 1. The first kappa shape index (κ1) is 16.3. The molecule has 0 aliphatic rings. The van der Waals surface area contributed by atoms with Gasteiger partial charge in [0.1, 0.15) is 0 Å². The molecule has 0 radical (unpaired) electrons. The second kappa shape index (κ2) is 7.14. The highest BCUT2D eigenvalue weighted by Crippen LogP contribution is 2.26. The summed E-state index contributed by atoms with van der Waals surface area (Å²) in [6, 6.07) is 5.55. The van der Waals surface area contributed by atoms with E-state index >= 15 is 0 Å². The molecular formula is C15H25N3O2. The van der Waals surface area contributed by atoms with Gasteiger partial charge in [-0.3, -0.25) is 4.79 Å². The minimum atomic E-state index is -0.0466. The lowest BCUT2D eigenvalue weighted by Gasteiger charge is -2.31. The third-order valence-electron chi connectivity index (χ3n) is 3.15. The first-order valence-electron chi connectivity index (χ1n) is 6.87. The van der Waals surface area contributed by atoms with Crippen molar-refractivity contribution >= 4 is 17.3 Å². The van der Waals surface area contributed by atoms with Crippen molar-refractivity contribution in [3.05, 3.63) is 23.8 Å². The number of rotatable bonds is 6. The number of aliphatic hydroxyl groups is 1. The quantitative estimate of drug-likeness (QED) is 0.776. The van der Waals surface area contributed by atoms with Crippen molar-refractivity contribution in [3.63, 3.8) is 0 Å². The number of nitrogens with zero attached hydrogens (tertiary/aromatic N) is 2. The standard InChI is InChI=1S/C15H25N3O2/c1-11(2)18(8-5-9-19)14-10-12(16)6-7-13(14)15(20)17(3)4/h6-7,10-11,19H,5,8-9,16H2,1-4H3. The molecule has 0 heterocycles. The summed E-state index contributed by atoms with van der Waals surface area (Å²) in [6.45, 7) is 4.93. The first-order chi connectivity index (χ1) is 9.38. The Morgan fingerprint density at radius 3 is 2.50 bits per heavy atom. The Morgan fingerprint density at radius 2 is 2.00 bits per heavy atom. The number of anilines is 2. The Morgan fingerprint density at radius 1 is 1.35 bits per heavy atom. The smallest absolute Gasteiger partial charge is 0.255 e. The Hall–Kier alpha value is -1.75. The SMILES string of the molecule is CC(C)N(CCCO)c1cc(N)ccc1C(=O)N(C)C. The molecule has 1 aromatic rings. The van der Waals surface area contributed by atoms with Crippen molar-refractivity contribution in [1.29, 1.82) is 0 Å². The van der Waals surface area contributed by atoms with Crippen molar-refractivity contribution in [1.82, 2.24) is 4.90 Å². The lowest BCUT2D eigenvalue weighted by molar-refractivity contribution is 0.0828. The molecular weight excluding hydrogens is 254 g/mol. The van der Waals surface area contributed by atoms with E-state index in [4.69, 9.17) is 10.8 Å². The van der Waals surface area contributed by atoms with Gasteiger partial charge in [0.15, 0.2) is 0 Å². The molecule has 0 spiro atoms. The summed E-state index contributed by atoms with van der Waals surface area (Å²) >= 11 is 0. The molecule has 3 N–H and O–H groups in total.